The fraction of sp³-hybridized carbons (Fsp3) is 0.0526. The summed E-state index contributed by atoms with van der Waals surface area (Å²) in [6.45, 7) is 0. The second-order valence-corrected chi connectivity index (χ2v) is 8.02. The maximum absolute atomic E-state index is 12.7. The largest absolute Gasteiger partial charge is 0.495 e. The summed E-state index contributed by atoms with van der Waals surface area (Å²) in [5, 5.41) is 0.303. The SMILES string of the molecule is COc1ccc(Cl)cc1S(=O)(=O)Nc1ccc(-c2cn3cccnc3n2)cc1. The van der Waals surface area contributed by atoms with Crippen LogP contribution in [0.25, 0.3) is 17.0 Å². The molecule has 7 nitrogen and oxygen atoms in total. The highest BCUT2D eigenvalue weighted by atomic mass is 35.5. The van der Waals surface area contributed by atoms with Crippen molar-refractivity contribution in [2.24, 2.45) is 0 Å². The molecular formula is C19H15ClN4O3S. The van der Waals surface area contributed by atoms with Crippen LogP contribution in [0.5, 0.6) is 5.75 Å². The van der Waals surface area contributed by atoms with E-state index in [-0.39, 0.29) is 10.6 Å². The predicted molar refractivity (Wildman–Crippen MR) is 107 cm³/mol. The number of rotatable bonds is 5. The zero-order chi connectivity index (χ0) is 19.7. The van der Waals surface area contributed by atoms with E-state index in [0.29, 0.717) is 16.5 Å². The van der Waals surface area contributed by atoms with Crippen LogP contribution in [-0.2, 0) is 10.0 Å². The van der Waals surface area contributed by atoms with Crippen molar-refractivity contribution in [3.8, 4) is 17.0 Å². The van der Waals surface area contributed by atoms with E-state index in [1.165, 1.54) is 19.2 Å². The Morgan fingerprint density at radius 1 is 1.14 bits per heavy atom. The lowest BCUT2D eigenvalue weighted by Gasteiger charge is -2.12. The number of nitrogens with one attached hydrogen (secondary N) is 1. The number of ether oxygens (including phenoxy) is 1. The molecule has 2 aromatic heterocycles. The molecular weight excluding hydrogens is 400 g/mol. The fourth-order valence-electron chi connectivity index (χ4n) is 2.75. The first-order chi connectivity index (χ1) is 13.5. The average Bonchev–Trinajstić information content (AvgIpc) is 3.12. The highest BCUT2D eigenvalue weighted by Gasteiger charge is 2.20. The quantitative estimate of drug-likeness (QED) is 0.536. The number of benzene rings is 2. The summed E-state index contributed by atoms with van der Waals surface area (Å²) in [5.41, 5.74) is 1.99. The Hall–Kier alpha value is -3.10. The third kappa shape index (κ3) is 3.51. The molecule has 4 aromatic rings. The highest BCUT2D eigenvalue weighted by molar-refractivity contribution is 7.92. The van der Waals surface area contributed by atoms with Gasteiger partial charge in [0.1, 0.15) is 10.6 Å². The Morgan fingerprint density at radius 3 is 2.64 bits per heavy atom. The number of hydrogen-bond donors (Lipinski definition) is 1. The molecule has 4 rings (SSSR count). The van der Waals surface area contributed by atoms with E-state index in [1.807, 2.05) is 22.9 Å². The maximum atomic E-state index is 12.7. The van der Waals surface area contributed by atoms with Crippen molar-refractivity contribution in [1.82, 2.24) is 14.4 Å². The molecule has 0 radical (unpaired) electrons. The molecule has 2 heterocycles. The second-order valence-electron chi connectivity index (χ2n) is 5.93. The van der Waals surface area contributed by atoms with Crippen molar-refractivity contribution in [2.45, 2.75) is 4.90 Å². The molecule has 142 valence electrons. The van der Waals surface area contributed by atoms with Crippen LogP contribution >= 0.6 is 11.6 Å². The van der Waals surface area contributed by atoms with Crippen molar-refractivity contribution in [3.63, 3.8) is 0 Å². The standard InChI is InChI=1S/C19H15ClN4O3S/c1-27-17-8-5-14(20)11-18(17)28(25,26)23-15-6-3-13(4-7-15)16-12-24-10-2-9-21-19(24)22-16/h2-12,23H,1H3. The highest BCUT2D eigenvalue weighted by Crippen LogP contribution is 2.29. The van der Waals surface area contributed by atoms with Gasteiger partial charge in [-0.05, 0) is 36.4 Å². The van der Waals surface area contributed by atoms with Gasteiger partial charge >= 0.3 is 0 Å². The van der Waals surface area contributed by atoms with Gasteiger partial charge in [0.25, 0.3) is 10.0 Å². The molecule has 0 amide bonds. The number of aromatic nitrogens is 3. The van der Waals surface area contributed by atoms with E-state index >= 15 is 0 Å². The Kier molecular flexibility index (Phi) is 4.66. The van der Waals surface area contributed by atoms with Crippen LogP contribution in [0.4, 0.5) is 5.69 Å². The number of anilines is 1. The summed E-state index contributed by atoms with van der Waals surface area (Å²) in [7, 11) is -2.46. The molecule has 0 aliphatic carbocycles. The molecule has 0 saturated carbocycles. The second kappa shape index (κ2) is 7.14. The molecule has 0 fully saturated rings. The molecule has 0 bridgehead atoms. The lowest BCUT2D eigenvalue weighted by Crippen LogP contribution is -2.14. The van der Waals surface area contributed by atoms with Gasteiger partial charge in [-0.2, -0.15) is 0 Å². The Morgan fingerprint density at radius 2 is 1.93 bits per heavy atom. The first kappa shape index (κ1) is 18.3. The molecule has 0 atom stereocenters. The number of sulfonamides is 1. The topological polar surface area (TPSA) is 85.6 Å². The minimum Gasteiger partial charge on any atom is -0.495 e. The van der Waals surface area contributed by atoms with E-state index in [1.54, 1.807) is 36.5 Å². The maximum Gasteiger partial charge on any atom is 0.265 e. The Balaban J connectivity index is 1.61. The summed E-state index contributed by atoms with van der Waals surface area (Å²) in [6.07, 6.45) is 5.39. The monoisotopic (exact) mass is 414 g/mol. The van der Waals surface area contributed by atoms with Gasteiger partial charge in [0, 0.05) is 34.9 Å². The first-order valence-electron chi connectivity index (χ1n) is 8.23. The zero-order valence-corrected chi connectivity index (χ0v) is 16.3. The molecule has 0 saturated heterocycles. The fourth-order valence-corrected chi connectivity index (χ4v) is 4.24. The number of methoxy groups -OCH3 is 1. The van der Waals surface area contributed by atoms with Crippen LogP contribution in [0.1, 0.15) is 0 Å². The first-order valence-corrected chi connectivity index (χ1v) is 10.1. The summed E-state index contributed by atoms with van der Waals surface area (Å²) in [6, 6.07) is 13.2. The van der Waals surface area contributed by atoms with E-state index in [4.69, 9.17) is 16.3 Å². The van der Waals surface area contributed by atoms with Crippen molar-refractivity contribution in [3.05, 3.63) is 72.1 Å². The molecule has 0 aliphatic rings. The molecule has 28 heavy (non-hydrogen) atoms. The van der Waals surface area contributed by atoms with Crippen molar-refractivity contribution < 1.29 is 13.2 Å². The van der Waals surface area contributed by atoms with Crippen LogP contribution in [0.15, 0.2) is 72.0 Å². The summed E-state index contributed by atoms with van der Waals surface area (Å²) < 4.78 is 35.0. The van der Waals surface area contributed by atoms with E-state index in [2.05, 4.69) is 14.7 Å². The van der Waals surface area contributed by atoms with Crippen LogP contribution in [0, 0.1) is 0 Å². The summed E-state index contributed by atoms with van der Waals surface area (Å²) in [4.78, 5) is 8.61. The van der Waals surface area contributed by atoms with E-state index in [9.17, 15) is 8.42 Å². The van der Waals surface area contributed by atoms with E-state index in [0.717, 1.165) is 11.3 Å². The summed E-state index contributed by atoms with van der Waals surface area (Å²) in [5.74, 6) is 0.807. The number of nitrogens with zero attached hydrogens (tertiary/aromatic N) is 3. The molecule has 9 heteroatoms. The number of halogens is 1. The lowest BCUT2D eigenvalue weighted by molar-refractivity contribution is 0.403. The smallest absolute Gasteiger partial charge is 0.265 e. The minimum absolute atomic E-state index is 0.0296. The number of hydrogen-bond acceptors (Lipinski definition) is 5. The van der Waals surface area contributed by atoms with Crippen LogP contribution in [-0.4, -0.2) is 29.9 Å². The Labute approximate surface area is 166 Å². The van der Waals surface area contributed by atoms with Gasteiger partial charge in [-0.25, -0.2) is 18.4 Å². The zero-order valence-electron chi connectivity index (χ0n) is 14.7. The van der Waals surface area contributed by atoms with Crippen LogP contribution in [0.3, 0.4) is 0 Å². The van der Waals surface area contributed by atoms with Crippen molar-refractivity contribution >= 4 is 33.1 Å². The van der Waals surface area contributed by atoms with Crippen molar-refractivity contribution in [2.75, 3.05) is 11.8 Å². The van der Waals surface area contributed by atoms with Crippen LogP contribution in [0.2, 0.25) is 5.02 Å². The van der Waals surface area contributed by atoms with Gasteiger partial charge in [0.2, 0.25) is 5.78 Å². The number of fused-ring (bicyclic) bond motifs is 1. The molecule has 2 aromatic carbocycles. The minimum atomic E-state index is -3.87. The molecule has 0 spiro atoms. The van der Waals surface area contributed by atoms with Gasteiger partial charge in [-0.3, -0.25) is 9.12 Å². The molecule has 0 unspecified atom stereocenters. The van der Waals surface area contributed by atoms with Gasteiger partial charge in [0.05, 0.1) is 12.8 Å². The normalized spacial score (nSPS) is 11.5. The third-order valence-electron chi connectivity index (χ3n) is 4.08. The number of imidazole rings is 1. The van der Waals surface area contributed by atoms with Crippen molar-refractivity contribution in [1.29, 1.82) is 0 Å². The third-order valence-corrected chi connectivity index (χ3v) is 5.72. The lowest BCUT2D eigenvalue weighted by atomic mass is 10.1. The van der Waals surface area contributed by atoms with Gasteiger partial charge in [0.15, 0.2) is 0 Å². The summed E-state index contributed by atoms with van der Waals surface area (Å²) >= 11 is 5.94. The predicted octanol–water partition coefficient (Wildman–Crippen LogP) is 3.86. The Bertz CT molecular complexity index is 1220. The van der Waals surface area contributed by atoms with Gasteiger partial charge in [-0.1, -0.05) is 23.7 Å². The van der Waals surface area contributed by atoms with E-state index < -0.39 is 10.0 Å². The average molecular weight is 415 g/mol. The van der Waals surface area contributed by atoms with Gasteiger partial charge < -0.3 is 4.74 Å². The van der Waals surface area contributed by atoms with Gasteiger partial charge in [-0.15, -0.1) is 0 Å². The molecule has 1 N–H and O–H groups in total. The van der Waals surface area contributed by atoms with Crippen LogP contribution < -0.4 is 9.46 Å². The molecule has 0 aliphatic heterocycles.